The van der Waals surface area contributed by atoms with E-state index >= 15 is 0 Å². The van der Waals surface area contributed by atoms with Gasteiger partial charge in [0.2, 0.25) is 0 Å². The Balaban J connectivity index is 1.74. The highest BCUT2D eigenvalue weighted by Crippen LogP contribution is 2.32. The van der Waals surface area contributed by atoms with E-state index in [0.29, 0.717) is 13.1 Å². The van der Waals surface area contributed by atoms with Gasteiger partial charge in [-0.1, -0.05) is 0 Å². The molecule has 0 atom stereocenters. The maximum atomic E-state index is 9.32. The van der Waals surface area contributed by atoms with Gasteiger partial charge >= 0.3 is 0 Å². The molecule has 1 saturated heterocycles. The zero-order chi connectivity index (χ0) is 7.90. The zero-order valence-corrected chi connectivity index (χ0v) is 6.45. The normalized spacial score (nSPS) is 29.1. The van der Waals surface area contributed by atoms with Gasteiger partial charge < -0.3 is 5.11 Å². The maximum absolute atomic E-state index is 9.32. The SMILES string of the molecule is N#CC1(O)CN(CC2CC2)C1. The number of likely N-dealkylation sites (tertiary alicyclic amines) is 1. The summed E-state index contributed by atoms with van der Waals surface area (Å²) in [5.74, 6) is 0.859. The summed E-state index contributed by atoms with van der Waals surface area (Å²) in [6.45, 7) is 2.20. The summed E-state index contributed by atoms with van der Waals surface area (Å²) in [5.41, 5.74) is -1.02. The Kier molecular flexibility index (Phi) is 1.41. The van der Waals surface area contributed by atoms with Crippen LogP contribution in [0.25, 0.3) is 0 Å². The number of hydrogen-bond acceptors (Lipinski definition) is 3. The predicted molar refractivity (Wildman–Crippen MR) is 39.7 cm³/mol. The second-order valence-electron chi connectivity index (χ2n) is 3.76. The monoisotopic (exact) mass is 152 g/mol. The van der Waals surface area contributed by atoms with Crippen LogP contribution in [0, 0.1) is 17.2 Å². The Bertz CT molecular complexity index is 199. The lowest BCUT2D eigenvalue weighted by Gasteiger charge is -2.41. The molecule has 0 bridgehead atoms. The van der Waals surface area contributed by atoms with Crippen molar-refractivity contribution >= 4 is 0 Å². The quantitative estimate of drug-likeness (QED) is 0.565. The van der Waals surface area contributed by atoms with Crippen LogP contribution < -0.4 is 0 Å². The first-order valence-electron chi connectivity index (χ1n) is 4.08. The van der Waals surface area contributed by atoms with Crippen molar-refractivity contribution in [1.82, 2.24) is 4.90 Å². The van der Waals surface area contributed by atoms with Crippen molar-refractivity contribution in [2.24, 2.45) is 5.92 Å². The molecule has 3 heteroatoms. The molecule has 1 saturated carbocycles. The van der Waals surface area contributed by atoms with Crippen molar-refractivity contribution < 1.29 is 5.11 Å². The predicted octanol–water partition coefficient (Wildman–Crippen LogP) is -0.0333. The standard InChI is InChI=1S/C8H12N2O/c9-4-8(11)5-10(6-8)3-7-1-2-7/h7,11H,1-3,5-6H2. The first kappa shape index (κ1) is 7.08. The van der Waals surface area contributed by atoms with E-state index in [1.54, 1.807) is 0 Å². The number of hydrogen-bond donors (Lipinski definition) is 1. The lowest BCUT2D eigenvalue weighted by molar-refractivity contribution is -0.0562. The van der Waals surface area contributed by atoms with Gasteiger partial charge in [0.15, 0.2) is 5.60 Å². The Labute approximate surface area is 66.2 Å². The minimum atomic E-state index is -1.02. The van der Waals surface area contributed by atoms with E-state index in [4.69, 9.17) is 5.26 Å². The molecule has 0 aromatic heterocycles. The molecule has 1 N–H and O–H groups in total. The van der Waals surface area contributed by atoms with Gasteiger partial charge in [-0.15, -0.1) is 0 Å². The molecule has 0 spiro atoms. The average Bonchev–Trinajstić information content (AvgIpc) is 2.68. The van der Waals surface area contributed by atoms with Gasteiger partial charge in [-0.25, -0.2) is 0 Å². The van der Waals surface area contributed by atoms with Crippen LogP contribution in [0.2, 0.25) is 0 Å². The van der Waals surface area contributed by atoms with Crippen molar-refractivity contribution in [3.63, 3.8) is 0 Å². The molecule has 1 aliphatic carbocycles. The number of β-amino-alcohol motifs (C(OH)–C–C–N with tert-alkyl or cyclic N) is 1. The maximum Gasteiger partial charge on any atom is 0.176 e. The zero-order valence-electron chi connectivity index (χ0n) is 6.45. The summed E-state index contributed by atoms with van der Waals surface area (Å²) >= 11 is 0. The molecule has 2 fully saturated rings. The van der Waals surface area contributed by atoms with Gasteiger partial charge in [0, 0.05) is 19.6 Å². The molecule has 2 rings (SSSR count). The first-order valence-corrected chi connectivity index (χ1v) is 4.08. The average molecular weight is 152 g/mol. The molecule has 1 heterocycles. The minimum Gasteiger partial charge on any atom is -0.373 e. The van der Waals surface area contributed by atoms with Crippen LogP contribution in [0.1, 0.15) is 12.8 Å². The second-order valence-corrected chi connectivity index (χ2v) is 3.76. The van der Waals surface area contributed by atoms with Crippen molar-refractivity contribution in [3.05, 3.63) is 0 Å². The van der Waals surface area contributed by atoms with Crippen LogP contribution in [0.5, 0.6) is 0 Å². The van der Waals surface area contributed by atoms with Crippen LogP contribution in [0.3, 0.4) is 0 Å². The fourth-order valence-corrected chi connectivity index (χ4v) is 1.56. The van der Waals surface area contributed by atoms with Gasteiger partial charge in [0.05, 0.1) is 0 Å². The van der Waals surface area contributed by atoms with E-state index in [9.17, 15) is 5.11 Å². The van der Waals surface area contributed by atoms with Crippen LogP contribution in [-0.2, 0) is 0 Å². The van der Waals surface area contributed by atoms with Crippen molar-refractivity contribution in [3.8, 4) is 6.07 Å². The van der Waals surface area contributed by atoms with Crippen LogP contribution in [-0.4, -0.2) is 35.2 Å². The van der Waals surface area contributed by atoms with E-state index in [1.807, 2.05) is 6.07 Å². The summed E-state index contributed by atoms with van der Waals surface area (Å²) in [6.07, 6.45) is 2.67. The lowest BCUT2D eigenvalue weighted by atomic mass is 9.96. The summed E-state index contributed by atoms with van der Waals surface area (Å²) in [6, 6.07) is 1.92. The summed E-state index contributed by atoms with van der Waals surface area (Å²) < 4.78 is 0. The van der Waals surface area contributed by atoms with E-state index < -0.39 is 5.60 Å². The molecular weight excluding hydrogens is 140 g/mol. The largest absolute Gasteiger partial charge is 0.373 e. The van der Waals surface area contributed by atoms with Gasteiger partial charge in [-0.3, -0.25) is 4.90 Å². The molecule has 0 amide bonds. The number of rotatable bonds is 2. The molecule has 1 aliphatic heterocycles. The summed E-state index contributed by atoms with van der Waals surface area (Å²) in [7, 11) is 0. The topological polar surface area (TPSA) is 47.3 Å². The third-order valence-corrected chi connectivity index (χ3v) is 2.39. The van der Waals surface area contributed by atoms with Gasteiger partial charge in [-0.05, 0) is 18.8 Å². The van der Waals surface area contributed by atoms with Crippen LogP contribution >= 0.6 is 0 Å². The van der Waals surface area contributed by atoms with E-state index in [2.05, 4.69) is 4.90 Å². The fourth-order valence-electron chi connectivity index (χ4n) is 1.56. The molecule has 0 unspecified atom stereocenters. The molecule has 2 aliphatic rings. The highest BCUT2D eigenvalue weighted by Gasteiger charge is 2.42. The molecule has 0 radical (unpaired) electrons. The van der Waals surface area contributed by atoms with E-state index in [1.165, 1.54) is 12.8 Å². The Hall–Kier alpha value is -0.590. The lowest BCUT2D eigenvalue weighted by Crippen LogP contribution is -2.61. The minimum absolute atomic E-state index is 0.556. The second kappa shape index (κ2) is 2.20. The number of aliphatic hydroxyl groups is 1. The smallest absolute Gasteiger partial charge is 0.176 e. The molecule has 0 aromatic carbocycles. The van der Waals surface area contributed by atoms with Crippen LogP contribution in [0.4, 0.5) is 0 Å². The van der Waals surface area contributed by atoms with Crippen molar-refractivity contribution in [1.29, 1.82) is 5.26 Å². The first-order chi connectivity index (χ1) is 5.22. The van der Waals surface area contributed by atoms with Gasteiger partial charge in [0.25, 0.3) is 0 Å². The van der Waals surface area contributed by atoms with Gasteiger partial charge in [0.1, 0.15) is 6.07 Å². The van der Waals surface area contributed by atoms with Crippen molar-refractivity contribution in [2.45, 2.75) is 18.4 Å². The summed E-state index contributed by atoms with van der Waals surface area (Å²) in [4.78, 5) is 2.15. The third-order valence-electron chi connectivity index (χ3n) is 2.39. The van der Waals surface area contributed by atoms with Crippen molar-refractivity contribution in [2.75, 3.05) is 19.6 Å². The fraction of sp³-hybridized carbons (Fsp3) is 0.875. The Morgan fingerprint density at radius 3 is 2.64 bits per heavy atom. The molecule has 3 nitrogen and oxygen atoms in total. The molecule has 0 aromatic rings. The third kappa shape index (κ3) is 1.37. The van der Waals surface area contributed by atoms with Crippen LogP contribution in [0.15, 0.2) is 0 Å². The Morgan fingerprint density at radius 1 is 1.55 bits per heavy atom. The van der Waals surface area contributed by atoms with E-state index in [-0.39, 0.29) is 0 Å². The highest BCUT2D eigenvalue weighted by atomic mass is 16.3. The number of nitriles is 1. The van der Waals surface area contributed by atoms with E-state index in [0.717, 1.165) is 12.5 Å². The number of nitrogens with zero attached hydrogens (tertiary/aromatic N) is 2. The molecule has 11 heavy (non-hydrogen) atoms. The summed E-state index contributed by atoms with van der Waals surface area (Å²) in [5, 5.41) is 17.8. The Morgan fingerprint density at radius 2 is 2.18 bits per heavy atom. The molecular formula is C8H12N2O. The highest BCUT2D eigenvalue weighted by molar-refractivity contribution is 5.11. The van der Waals surface area contributed by atoms with Gasteiger partial charge in [-0.2, -0.15) is 5.26 Å². The molecule has 60 valence electrons.